The Bertz CT molecular complexity index is 370. The third kappa shape index (κ3) is 3.08. The van der Waals surface area contributed by atoms with Gasteiger partial charge in [-0.05, 0) is 12.1 Å². The maximum Gasteiger partial charge on any atom is 0.433 e. The number of aromatic nitrogens is 1. The van der Waals surface area contributed by atoms with Crippen molar-refractivity contribution in [3.63, 3.8) is 0 Å². The minimum atomic E-state index is -4.50. The minimum absolute atomic E-state index is 0.0621. The van der Waals surface area contributed by atoms with Gasteiger partial charge in [0.15, 0.2) is 0 Å². The molecular weight excluding hydrogens is 211 g/mol. The first-order valence-electron chi connectivity index (χ1n) is 3.81. The number of ether oxygens (including phenoxy) is 1. The van der Waals surface area contributed by atoms with Crippen LogP contribution in [0.5, 0.6) is 5.75 Å². The van der Waals surface area contributed by atoms with Crippen LogP contribution in [0.4, 0.5) is 13.2 Å². The second-order valence-electron chi connectivity index (χ2n) is 2.50. The van der Waals surface area contributed by atoms with Crippen LogP contribution in [0.15, 0.2) is 31.0 Å². The predicted molar refractivity (Wildman–Crippen MR) is 45.1 cm³/mol. The van der Waals surface area contributed by atoms with Gasteiger partial charge < -0.3 is 4.74 Å². The second kappa shape index (κ2) is 4.12. The highest BCUT2D eigenvalue weighted by Gasteiger charge is 2.32. The molecule has 0 amide bonds. The summed E-state index contributed by atoms with van der Waals surface area (Å²) in [5, 5.41) is 0. The number of hydrogen-bond donors (Lipinski definition) is 0. The van der Waals surface area contributed by atoms with Gasteiger partial charge in [0.25, 0.3) is 0 Å². The van der Waals surface area contributed by atoms with E-state index in [-0.39, 0.29) is 5.75 Å². The fraction of sp³-hybridized carbons (Fsp3) is 0.111. The summed E-state index contributed by atoms with van der Waals surface area (Å²) < 4.78 is 40.7. The van der Waals surface area contributed by atoms with Crippen LogP contribution in [0.25, 0.3) is 0 Å². The van der Waals surface area contributed by atoms with Crippen molar-refractivity contribution in [3.8, 4) is 5.75 Å². The zero-order chi connectivity index (χ0) is 11.5. The smallest absolute Gasteiger partial charge is 0.422 e. The van der Waals surface area contributed by atoms with E-state index in [4.69, 9.17) is 0 Å². The summed E-state index contributed by atoms with van der Waals surface area (Å²) in [4.78, 5) is 13.8. The van der Waals surface area contributed by atoms with Crippen molar-refractivity contribution in [2.75, 3.05) is 0 Å². The van der Waals surface area contributed by atoms with Crippen LogP contribution in [0, 0.1) is 0 Å². The summed E-state index contributed by atoms with van der Waals surface area (Å²) in [6.45, 7) is 3.14. The third-order valence-corrected chi connectivity index (χ3v) is 1.41. The molecule has 0 aromatic carbocycles. The summed E-state index contributed by atoms with van der Waals surface area (Å²) in [5.41, 5.74) is -1.04. The summed E-state index contributed by atoms with van der Waals surface area (Å²) in [5.74, 6) is -0.815. The Morgan fingerprint density at radius 2 is 2.13 bits per heavy atom. The molecule has 1 aromatic rings. The van der Waals surface area contributed by atoms with E-state index in [0.29, 0.717) is 0 Å². The topological polar surface area (TPSA) is 39.2 Å². The molecule has 6 heteroatoms. The van der Waals surface area contributed by atoms with Gasteiger partial charge in [0.1, 0.15) is 11.4 Å². The Hall–Kier alpha value is -1.85. The number of alkyl halides is 3. The highest BCUT2D eigenvalue weighted by atomic mass is 19.4. The fourth-order valence-electron chi connectivity index (χ4n) is 0.766. The SMILES string of the molecule is C=CC(=O)Oc1ccc(C(F)(F)F)nc1. The summed E-state index contributed by atoms with van der Waals surface area (Å²) in [6.07, 6.45) is -2.77. The largest absolute Gasteiger partial charge is 0.433 e. The number of esters is 1. The Labute approximate surface area is 83.2 Å². The normalized spacial score (nSPS) is 10.9. The number of rotatable bonds is 2. The lowest BCUT2D eigenvalue weighted by Crippen LogP contribution is -2.08. The molecule has 0 bridgehead atoms. The number of carbonyl (C=O) groups excluding carboxylic acids is 1. The van der Waals surface area contributed by atoms with E-state index in [1.54, 1.807) is 0 Å². The zero-order valence-corrected chi connectivity index (χ0v) is 7.41. The molecule has 0 saturated heterocycles. The van der Waals surface area contributed by atoms with E-state index in [1.807, 2.05) is 0 Å². The Morgan fingerprint density at radius 1 is 1.47 bits per heavy atom. The van der Waals surface area contributed by atoms with Gasteiger partial charge in [0.05, 0.1) is 6.20 Å². The second-order valence-corrected chi connectivity index (χ2v) is 2.50. The standard InChI is InChI=1S/C9H6F3NO2/c1-2-8(14)15-6-3-4-7(13-5-6)9(10,11)12/h2-5H,1H2. The molecule has 0 N–H and O–H groups in total. The zero-order valence-electron chi connectivity index (χ0n) is 7.41. The first-order valence-corrected chi connectivity index (χ1v) is 3.81. The van der Waals surface area contributed by atoms with Crippen molar-refractivity contribution in [1.29, 1.82) is 0 Å². The van der Waals surface area contributed by atoms with Crippen LogP contribution in [0.1, 0.15) is 5.69 Å². The number of nitrogens with zero attached hydrogens (tertiary/aromatic N) is 1. The lowest BCUT2D eigenvalue weighted by Gasteiger charge is -2.05. The van der Waals surface area contributed by atoms with Gasteiger partial charge in [-0.15, -0.1) is 0 Å². The van der Waals surface area contributed by atoms with Crippen LogP contribution >= 0.6 is 0 Å². The van der Waals surface area contributed by atoms with Crippen molar-refractivity contribution >= 4 is 5.97 Å². The van der Waals surface area contributed by atoms with Crippen LogP contribution in [-0.2, 0) is 11.0 Å². The van der Waals surface area contributed by atoms with Crippen molar-refractivity contribution in [3.05, 3.63) is 36.7 Å². The van der Waals surface area contributed by atoms with Crippen LogP contribution in [0.2, 0.25) is 0 Å². The van der Waals surface area contributed by atoms with Gasteiger partial charge in [-0.1, -0.05) is 6.58 Å². The van der Waals surface area contributed by atoms with E-state index in [1.165, 1.54) is 0 Å². The molecule has 0 radical (unpaired) electrons. The molecule has 0 aliphatic heterocycles. The van der Waals surface area contributed by atoms with Gasteiger partial charge in [0.2, 0.25) is 0 Å². The maximum absolute atomic E-state index is 12.1. The maximum atomic E-state index is 12.1. The Balaban J connectivity index is 2.81. The van der Waals surface area contributed by atoms with E-state index < -0.39 is 17.8 Å². The molecule has 0 unspecified atom stereocenters. The number of hydrogen-bond acceptors (Lipinski definition) is 3. The molecule has 0 saturated carbocycles. The van der Waals surface area contributed by atoms with E-state index >= 15 is 0 Å². The summed E-state index contributed by atoms with van der Waals surface area (Å²) in [6, 6.07) is 1.74. The summed E-state index contributed by atoms with van der Waals surface area (Å²) >= 11 is 0. The average molecular weight is 217 g/mol. The highest BCUT2D eigenvalue weighted by molar-refractivity contribution is 5.83. The lowest BCUT2D eigenvalue weighted by molar-refractivity contribution is -0.141. The van der Waals surface area contributed by atoms with Gasteiger partial charge in [0, 0.05) is 6.08 Å². The van der Waals surface area contributed by atoms with E-state index in [2.05, 4.69) is 16.3 Å². The number of carbonyl (C=O) groups is 1. The Kier molecular flexibility index (Phi) is 3.08. The molecule has 0 atom stereocenters. The molecule has 1 rings (SSSR count). The molecule has 0 fully saturated rings. The number of halogens is 3. The van der Waals surface area contributed by atoms with Gasteiger partial charge in [-0.2, -0.15) is 13.2 Å². The lowest BCUT2D eigenvalue weighted by atomic mass is 10.3. The van der Waals surface area contributed by atoms with Crippen molar-refractivity contribution in [2.24, 2.45) is 0 Å². The molecular formula is C9H6F3NO2. The Morgan fingerprint density at radius 3 is 2.53 bits per heavy atom. The molecule has 1 heterocycles. The average Bonchev–Trinajstić information content (AvgIpc) is 2.17. The fourth-order valence-corrected chi connectivity index (χ4v) is 0.766. The molecule has 3 nitrogen and oxygen atoms in total. The van der Waals surface area contributed by atoms with Crippen LogP contribution in [-0.4, -0.2) is 11.0 Å². The van der Waals surface area contributed by atoms with Gasteiger partial charge in [-0.3, -0.25) is 0 Å². The van der Waals surface area contributed by atoms with E-state index in [9.17, 15) is 18.0 Å². The third-order valence-electron chi connectivity index (χ3n) is 1.41. The minimum Gasteiger partial charge on any atom is -0.422 e. The van der Waals surface area contributed by atoms with Gasteiger partial charge >= 0.3 is 12.1 Å². The first kappa shape index (κ1) is 11.2. The van der Waals surface area contributed by atoms with Crippen LogP contribution < -0.4 is 4.74 Å². The van der Waals surface area contributed by atoms with E-state index in [0.717, 1.165) is 24.4 Å². The first-order chi connectivity index (χ1) is 6.93. The molecule has 0 aliphatic carbocycles. The monoisotopic (exact) mass is 217 g/mol. The summed E-state index contributed by atoms with van der Waals surface area (Å²) in [7, 11) is 0. The van der Waals surface area contributed by atoms with Crippen LogP contribution in [0.3, 0.4) is 0 Å². The molecule has 0 aliphatic rings. The quantitative estimate of drug-likeness (QED) is 0.563. The number of pyridine rings is 1. The highest BCUT2D eigenvalue weighted by Crippen LogP contribution is 2.28. The van der Waals surface area contributed by atoms with Crippen molar-refractivity contribution in [2.45, 2.75) is 6.18 Å². The molecule has 0 spiro atoms. The van der Waals surface area contributed by atoms with Crippen molar-refractivity contribution in [1.82, 2.24) is 4.98 Å². The molecule has 15 heavy (non-hydrogen) atoms. The predicted octanol–water partition coefficient (Wildman–Crippen LogP) is 2.19. The molecule has 80 valence electrons. The molecule has 1 aromatic heterocycles. The van der Waals surface area contributed by atoms with Crippen molar-refractivity contribution < 1.29 is 22.7 Å². The van der Waals surface area contributed by atoms with Gasteiger partial charge in [-0.25, -0.2) is 9.78 Å².